The number of rotatable bonds is 2. The summed E-state index contributed by atoms with van der Waals surface area (Å²) in [6, 6.07) is 8.31. The van der Waals surface area contributed by atoms with Gasteiger partial charge in [-0.3, -0.25) is 0 Å². The molecule has 2 bridgehead atoms. The highest BCUT2D eigenvalue weighted by Crippen LogP contribution is 2.52. The van der Waals surface area contributed by atoms with Crippen LogP contribution in [-0.4, -0.2) is 29.7 Å². The van der Waals surface area contributed by atoms with Crippen LogP contribution >= 0.6 is 11.8 Å². The average molecular weight is 263 g/mol. The van der Waals surface area contributed by atoms with Gasteiger partial charge in [-0.15, -0.1) is 0 Å². The second-order valence-electron chi connectivity index (χ2n) is 5.81. The lowest BCUT2D eigenvalue weighted by Gasteiger charge is -2.38. The van der Waals surface area contributed by atoms with Gasteiger partial charge in [-0.25, -0.2) is 0 Å². The molecule has 2 atom stereocenters. The minimum atomic E-state index is -0.613. The summed E-state index contributed by atoms with van der Waals surface area (Å²) >= 11 is 2.09. The van der Waals surface area contributed by atoms with Crippen LogP contribution in [0.3, 0.4) is 0 Å². The van der Waals surface area contributed by atoms with Gasteiger partial charge in [0.25, 0.3) is 0 Å². The third kappa shape index (κ3) is 2.04. The van der Waals surface area contributed by atoms with Gasteiger partial charge in [-0.1, -0.05) is 18.2 Å². The topological polar surface area (TPSA) is 23.5 Å². The highest BCUT2D eigenvalue weighted by atomic mass is 32.2. The molecule has 1 aromatic carbocycles. The maximum Gasteiger partial charge on any atom is 0.0937 e. The minimum absolute atomic E-state index is 0.613. The molecule has 3 rings (SSSR count). The lowest BCUT2D eigenvalue weighted by Crippen LogP contribution is -2.36. The summed E-state index contributed by atoms with van der Waals surface area (Å²) in [5.41, 5.74) is 1.66. The van der Waals surface area contributed by atoms with Gasteiger partial charge in [0.15, 0.2) is 0 Å². The van der Waals surface area contributed by atoms with Crippen LogP contribution in [0.15, 0.2) is 24.3 Å². The van der Waals surface area contributed by atoms with Crippen molar-refractivity contribution in [3.05, 3.63) is 29.8 Å². The second kappa shape index (κ2) is 4.46. The van der Waals surface area contributed by atoms with Crippen molar-refractivity contribution in [3.8, 4) is 0 Å². The van der Waals surface area contributed by atoms with E-state index in [9.17, 15) is 5.11 Å². The van der Waals surface area contributed by atoms with Crippen LogP contribution in [0, 0.1) is 0 Å². The van der Waals surface area contributed by atoms with Gasteiger partial charge in [0.05, 0.1) is 5.60 Å². The molecular weight excluding hydrogens is 242 g/mol. The maximum absolute atomic E-state index is 11.1. The third-order valence-electron chi connectivity index (χ3n) is 4.21. The van der Waals surface area contributed by atoms with Crippen molar-refractivity contribution < 1.29 is 5.11 Å². The Labute approximate surface area is 113 Å². The number of thioether (sulfide) groups is 1. The summed E-state index contributed by atoms with van der Waals surface area (Å²) in [4.78, 5) is 2.11. The van der Waals surface area contributed by atoms with Crippen molar-refractivity contribution in [3.63, 3.8) is 0 Å². The molecule has 2 heterocycles. The molecule has 98 valence electrons. The molecule has 2 unspecified atom stereocenters. The number of nitrogens with zero attached hydrogens (tertiary/aromatic N) is 1. The summed E-state index contributed by atoms with van der Waals surface area (Å²) in [5, 5.41) is 12.4. The number of para-hydroxylation sites is 1. The molecule has 2 nitrogen and oxygen atoms in total. The molecule has 0 aliphatic carbocycles. The standard InChI is InChI=1S/C15H21NOS/c1-16(2)14-6-4-3-5-13(14)15(17)9-11-7-8-12(10-15)18-11/h3-6,11-12,17H,7-10H2,1-2H3. The first-order valence-electron chi connectivity index (χ1n) is 6.73. The van der Waals surface area contributed by atoms with Crippen LogP contribution in [0.4, 0.5) is 5.69 Å². The predicted octanol–water partition coefficient (Wildman–Crippen LogP) is 3.00. The number of hydrogen-bond donors (Lipinski definition) is 1. The quantitative estimate of drug-likeness (QED) is 0.887. The maximum atomic E-state index is 11.1. The first-order chi connectivity index (χ1) is 8.58. The molecule has 0 spiro atoms. The van der Waals surface area contributed by atoms with Crippen molar-refractivity contribution in [1.29, 1.82) is 0 Å². The molecule has 3 heteroatoms. The highest BCUT2D eigenvalue weighted by molar-refractivity contribution is 8.00. The Morgan fingerprint density at radius 3 is 2.39 bits per heavy atom. The van der Waals surface area contributed by atoms with Crippen molar-refractivity contribution >= 4 is 17.4 Å². The van der Waals surface area contributed by atoms with Crippen molar-refractivity contribution in [1.82, 2.24) is 0 Å². The van der Waals surface area contributed by atoms with E-state index in [1.54, 1.807) is 0 Å². The Morgan fingerprint density at radius 2 is 1.78 bits per heavy atom. The number of anilines is 1. The zero-order chi connectivity index (χ0) is 12.8. The summed E-state index contributed by atoms with van der Waals surface area (Å²) in [7, 11) is 4.10. The fourth-order valence-electron chi connectivity index (χ4n) is 3.39. The molecule has 0 radical (unpaired) electrons. The molecule has 0 aromatic heterocycles. The normalized spacial score (nSPS) is 34.6. The van der Waals surface area contributed by atoms with Gasteiger partial charge in [0.1, 0.15) is 0 Å². The Hall–Kier alpha value is -0.670. The molecule has 2 aliphatic rings. The number of benzene rings is 1. The largest absolute Gasteiger partial charge is 0.385 e. The van der Waals surface area contributed by atoms with E-state index in [4.69, 9.17) is 0 Å². The number of fused-ring (bicyclic) bond motifs is 2. The van der Waals surface area contributed by atoms with Crippen molar-refractivity contribution in [2.24, 2.45) is 0 Å². The van der Waals surface area contributed by atoms with E-state index < -0.39 is 5.60 Å². The van der Waals surface area contributed by atoms with Crippen LogP contribution in [0.2, 0.25) is 0 Å². The van der Waals surface area contributed by atoms with E-state index >= 15 is 0 Å². The molecule has 0 amide bonds. The smallest absolute Gasteiger partial charge is 0.0937 e. The molecule has 0 saturated carbocycles. The van der Waals surface area contributed by atoms with Crippen LogP contribution in [0.25, 0.3) is 0 Å². The van der Waals surface area contributed by atoms with E-state index in [-0.39, 0.29) is 0 Å². The average Bonchev–Trinajstić information content (AvgIpc) is 2.69. The van der Waals surface area contributed by atoms with Gasteiger partial charge < -0.3 is 10.0 Å². The second-order valence-corrected chi connectivity index (χ2v) is 7.41. The lowest BCUT2D eigenvalue weighted by molar-refractivity contribution is 0.0201. The Balaban J connectivity index is 1.98. The molecule has 1 aromatic rings. The summed E-state index contributed by atoms with van der Waals surface area (Å²) in [6.45, 7) is 0. The predicted molar refractivity (Wildman–Crippen MR) is 78.3 cm³/mol. The lowest BCUT2D eigenvalue weighted by atomic mass is 9.84. The minimum Gasteiger partial charge on any atom is -0.385 e. The van der Waals surface area contributed by atoms with E-state index in [1.807, 2.05) is 26.2 Å². The van der Waals surface area contributed by atoms with E-state index in [0.717, 1.165) is 24.1 Å². The Bertz CT molecular complexity index is 434. The van der Waals surface area contributed by atoms with E-state index in [2.05, 4.69) is 28.8 Å². The van der Waals surface area contributed by atoms with Gasteiger partial charge in [0.2, 0.25) is 0 Å². The van der Waals surface area contributed by atoms with Crippen LogP contribution < -0.4 is 4.90 Å². The molecule has 18 heavy (non-hydrogen) atoms. The van der Waals surface area contributed by atoms with Gasteiger partial charge in [-0.2, -0.15) is 11.8 Å². The number of aliphatic hydroxyl groups is 1. The molecular formula is C15H21NOS. The summed E-state index contributed by atoms with van der Waals surface area (Å²) < 4.78 is 0. The summed E-state index contributed by atoms with van der Waals surface area (Å²) in [5.74, 6) is 0. The van der Waals surface area contributed by atoms with Crippen LogP contribution in [-0.2, 0) is 5.60 Å². The van der Waals surface area contributed by atoms with Crippen molar-refractivity contribution in [2.45, 2.75) is 41.8 Å². The molecule has 1 N–H and O–H groups in total. The van der Waals surface area contributed by atoms with E-state index in [0.29, 0.717) is 10.5 Å². The van der Waals surface area contributed by atoms with Crippen LogP contribution in [0.5, 0.6) is 0 Å². The van der Waals surface area contributed by atoms with Gasteiger partial charge in [-0.05, 0) is 31.7 Å². The summed E-state index contributed by atoms with van der Waals surface area (Å²) in [6.07, 6.45) is 4.39. The third-order valence-corrected chi connectivity index (χ3v) is 5.79. The first-order valence-corrected chi connectivity index (χ1v) is 7.67. The SMILES string of the molecule is CN(C)c1ccccc1C1(O)CC2CCC(C1)S2. The number of hydrogen-bond acceptors (Lipinski definition) is 3. The van der Waals surface area contributed by atoms with Gasteiger partial charge >= 0.3 is 0 Å². The monoisotopic (exact) mass is 263 g/mol. The molecule has 2 saturated heterocycles. The fourth-order valence-corrected chi connectivity index (χ4v) is 5.23. The molecule has 2 aliphatic heterocycles. The zero-order valence-corrected chi connectivity index (χ0v) is 11.9. The van der Waals surface area contributed by atoms with Crippen molar-refractivity contribution in [2.75, 3.05) is 19.0 Å². The molecule has 2 fully saturated rings. The fraction of sp³-hybridized carbons (Fsp3) is 0.600. The van der Waals surface area contributed by atoms with Gasteiger partial charge in [0, 0.05) is 35.8 Å². The Morgan fingerprint density at radius 1 is 1.17 bits per heavy atom. The first kappa shape index (κ1) is 12.4. The van der Waals surface area contributed by atoms with Crippen LogP contribution in [0.1, 0.15) is 31.2 Å². The highest BCUT2D eigenvalue weighted by Gasteiger charge is 2.45. The Kier molecular flexibility index (Phi) is 3.07. The van der Waals surface area contributed by atoms with E-state index in [1.165, 1.54) is 12.8 Å². The zero-order valence-electron chi connectivity index (χ0n) is 11.1.